The Morgan fingerprint density at radius 3 is 2.62 bits per heavy atom. The van der Waals surface area contributed by atoms with Crippen LogP contribution in [0.15, 0.2) is 12.1 Å². The Balaban J connectivity index is 2.45. The molecule has 0 amide bonds. The third-order valence-electron chi connectivity index (χ3n) is 2.99. The molecular formula is C12H14ClFO2. The van der Waals surface area contributed by atoms with E-state index in [1.807, 2.05) is 6.92 Å². The lowest BCUT2D eigenvalue weighted by Gasteiger charge is -2.33. The van der Waals surface area contributed by atoms with Crippen molar-refractivity contribution in [3.63, 3.8) is 0 Å². The van der Waals surface area contributed by atoms with Crippen molar-refractivity contribution in [2.24, 2.45) is 0 Å². The monoisotopic (exact) mass is 244 g/mol. The molecule has 1 heterocycles. The van der Waals surface area contributed by atoms with Crippen LogP contribution in [0.3, 0.4) is 0 Å². The van der Waals surface area contributed by atoms with Gasteiger partial charge in [-0.25, -0.2) is 4.39 Å². The fraction of sp³-hybridized carbons (Fsp3) is 0.500. The van der Waals surface area contributed by atoms with Crippen LogP contribution in [0, 0.1) is 12.7 Å². The molecule has 1 aromatic carbocycles. The number of aryl methyl sites for hydroxylation is 1. The Morgan fingerprint density at radius 1 is 1.38 bits per heavy atom. The van der Waals surface area contributed by atoms with Gasteiger partial charge in [0.05, 0.1) is 10.6 Å². The van der Waals surface area contributed by atoms with E-state index in [9.17, 15) is 9.50 Å². The predicted octanol–water partition coefficient (Wildman–Crippen LogP) is 2.79. The summed E-state index contributed by atoms with van der Waals surface area (Å²) in [5, 5.41) is 10.5. The first-order chi connectivity index (χ1) is 7.53. The molecule has 2 nitrogen and oxygen atoms in total. The van der Waals surface area contributed by atoms with Gasteiger partial charge in [-0.15, -0.1) is 0 Å². The van der Waals surface area contributed by atoms with Crippen molar-refractivity contribution in [1.82, 2.24) is 0 Å². The molecule has 0 aromatic heterocycles. The molecule has 1 aliphatic rings. The zero-order valence-electron chi connectivity index (χ0n) is 9.09. The van der Waals surface area contributed by atoms with Crippen LogP contribution in [-0.2, 0) is 10.3 Å². The van der Waals surface area contributed by atoms with Crippen molar-refractivity contribution in [2.45, 2.75) is 25.4 Å². The summed E-state index contributed by atoms with van der Waals surface area (Å²) in [5.74, 6) is -0.517. The SMILES string of the molecule is Cc1cc(Cl)c(F)c(C2(O)CCOCC2)c1. The molecule has 4 heteroatoms. The van der Waals surface area contributed by atoms with Crippen molar-refractivity contribution >= 4 is 11.6 Å². The molecule has 0 aliphatic carbocycles. The van der Waals surface area contributed by atoms with E-state index in [1.165, 1.54) is 0 Å². The molecule has 88 valence electrons. The Labute approximate surface area is 99.0 Å². The number of aliphatic hydroxyl groups is 1. The Kier molecular flexibility index (Phi) is 3.19. The number of ether oxygens (including phenoxy) is 1. The van der Waals surface area contributed by atoms with Crippen molar-refractivity contribution in [3.8, 4) is 0 Å². The van der Waals surface area contributed by atoms with Gasteiger partial charge < -0.3 is 9.84 Å². The number of halogens is 2. The molecule has 2 rings (SSSR count). The molecule has 0 bridgehead atoms. The summed E-state index contributed by atoms with van der Waals surface area (Å²) in [4.78, 5) is 0. The molecule has 0 atom stereocenters. The maximum Gasteiger partial charge on any atom is 0.147 e. The summed E-state index contributed by atoms with van der Waals surface area (Å²) in [5.41, 5.74) is -0.0000307. The lowest BCUT2D eigenvalue weighted by Crippen LogP contribution is -2.34. The second-order valence-electron chi connectivity index (χ2n) is 4.25. The van der Waals surface area contributed by atoms with Crippen LogP contribution < -0.4 is 0 Å². The van der Waals surface area contributed by atoms with E-state index in [0.717, 1.165) is 5.56 Å². The smallest absolute Gasteiger partial charge is 0.147 e. The summed E-state index contributed by atoms with van der Waals surface area (Å²) in [7, 11) is 0. The summed E-state index contributed by atoms with van der Waals surface area (Å²) < 4.78 is 19.0. The first kappa shape index (κ1) is 11.8. The van der Waals surface area contributed by atoms with E-state index >= 15 is 0 Å². The quantitative estimate of drug-likeness (QED) is 0.823. The van der Waals surface area contributed by atoms with Crippen LogP contribution in [0.1, 0.15) is 24.0 Å². The van der Waals surface area contributed by atoms with E-state index in [0.29, 0.717) is 31.6 Å². The number of rotatable bonds is 1. The third-order valence-corrected chi connectivity index (χ3v) is 3.27. The van der Waals surface area contributed by atoms with Crippen LogP contribution in [0.2, 0.25) is 5.02 Å². The molecule has 0 unspecified atom stereocenters. The van der Waals surface area contributed by atoms with Crippen LogP contribution >= 0.6 is 11.6 Å². The lowest BCUT2D eigenvalue weighted by atomic mass is 9.85. The molecular weight excluding hydrogens is 231 g/mol. The predicted molar refractivity (Wildman–Crippen MR) is 60.1 cm³/mol. The van der Waals surface area contributed by atoms with Gasteiger partial charge in [-0.05, 0) is 18.6 Å². The molecule has 16 heavy (non-hydrogen) atoms. The third kappa shape index (κ3) is 2.08. The number of benzene rings is 1. The summed E-state index contributed by atoms with van der Waals surface area (Å²) in [6, 6.07) is 3.22. The van der Waals surface area contributed by atoms with Gasteiger partial charge in [0.25, 0.3) is 0 Å². The molecule has 0 radical (unpaired) electrons. The minimum atomic E-state index is -1.14. The van der Waals surface area contributed by atoms with Gasteiger partial charge in [-0.2, -0.15) is 0 Å². The zero-order valence-corrected chi connectivity index (χ0v) is 9.85. The molecule has 1 N–H and O–H groups in total. The number of hydrogen-bond acceptors (Lipinski definition) is 2. The largest absolute Gasteiger partial charge is 0.385 e. The fourth-order valence-corrected chi connectivity index (χ4v) is 2.32. The average molecular weight is 245 g/mol. The Bertz CT molecular complexity index is 400. The minimum Gasteiger partial charge on any atom is -0.385 e. The molecule has 1 aliphatic heterocycles. The van der Waals surface area contributed by atoms with E-state index in [1.54, 1.807) is 12.1 Å². The first-order valence-electron chi connectivity index (χ1n) is 5.29. The minimum absolute atomic E-state index is 0.0647. The molecule has 1 fully saturated rings. The van der Waals surface area contributed by atoms with Crippen molar-refractivity contribution < 1.29 is 14.2 Å². The van der Waals surface area contributed by atoms with Crippen molar-refractivity contribution in [3.05, 3.63) is 34.1 Å². The highest BCUT2D eigenvalue weighted by Crippen LogP contribution is 2.36. The second kappa shape index (κ2) is 4.32. The van der Waals surface area contributed by atoms with Gasteiger partial charge in [0.15, 0.2) is 0 Å². The van der Waals surface area contributed by atoms with Gasteiger partial charge in [-0.1, -0.05) is 17.7 Å². The molecule has 1 saturated heterocycles. The highest BCUT2D eigenvalue weighted by Gasteiger charge is 2.35. The van der Waals surface area contributed by atoms with Gasteiger partial charge >= 0.3 is 0 Å². The normalized spacial score (nSPS) is 19.8. The maximum absolute atomic E-state index is 13.9. The van der Waals surface area contributed by atoms with Crippen LogP contribution in [0.25, 0.3) is 0 Å². The Hall–Kier alpha value is -0.640. The summed E-state index contributed by atoms with van der Waals surface area (Å²) >= 11 is 5.78. The maximum atomic E-state index is 13.9. The average Bonchev–Trinajstić information content (AvgIpc) is 2.24. The second-order valence-corrected chi connectivity index (χ2v) is 4.66. The van der Waals surface area contributed by atoms with Gasteiger partial charge in [0.1, 0.15) is 5.82 Å². The van der Waals surface area contributed by atoms with E-state index < -0.39 is 11.4 Å². The van der Waals surface area contributed by atoms with Crippen molar-refractivity contribution in [2.75, 3.05) is 13.2 Å². The van der Waals surface area contributed by atoms with E-state index in [4.69, 9.17) is 16.3 Å². The van der Waals surface area contributed by atoms with Crippen molar-refractivity contribution in [1.29, 1.82) is 0 Å². The van der Waals surface area contributed by atoms with Crippen LogP contribution in [0.5, 0.6) is 0 Å². The van der Waals surface area contributed by atoms with E-state index in [2.05, 4.69) is 0 Å². The van der Waals surface area contributed by atoms with Gasteiger partial charge in [0.2, 0.25) is 0 Å². The fourth-order valence-electron chi connectivity index (χ4n) is 2.04. The topological polar surface area (TPSA) is 29.5 Å². The van der Waals surface area contributed by atoms with Gasteiger partial charge in [-0.3, -0.25) is 0 Å². The van der Waals surface area contributed by atoms with Crippen LogP contribution in [-0.4, -0.2) is 18.3 Å². The van der Waals surface area contributed by atoms with E-state index in [-0.39, 0.29) is 5.02 Å². The highest BCUT2D eigenvalue weighted by molar-refractivity contribution is 6.30. The first-order valence-corrected chi connectivity index (χ1v) is 5.67. The highest BCUT2D eigenvalue weighted by atomic mass is 35.5. The standard InChI is InChI=1S/C12H14ClFO2/c1-8-6-9(11(14)10(13)7-8)12(15)2-4-16-5-3-12/h6-7,15H,2-5H2,1H3. The van der Waals surface area contributed by atoms with Crippen LogP contribution in [0.4, 0.5) is 4.39 Å². The lowest BCUT2D eigenvalue weighted by molar-refractivity contribution is -0.0698. The molecule has 1 aromatic rings. The molecule has 0 spiro atoms. The van der Waals surface area contributed by atoms with Gasteiger partial charge in [0, 0.05) is 31.6 Å². The summed E-state index contributed by atoms with van der Waals surface area (Å²) in [6.45, 7) is 2.72. The Morgan fingerprint density at radius 2 is 2.00 bits per heavy atom. The molecule has 0 saturated carbocycles. The number of hydrogen-bond donors (Lipinski definition) is 1. The summed E-state index contributed by atoms with van der Waals surface area (Å²) in [6.07, 6.45) is 0.813. The zero-order chi connectivity index (χ0) is 11.8.